The van der Waals surface area contributed by atoms with Gasteiger partial charge in [0.25, 0.3) is 0 Å². The van der Waals surface area contributed by atoms with Crippen LogP contribution in [0.5, 0.6) is 0 Å². The van der Waals surface area contributed by atoms with E-state index in [0.29, 0.717) is 5.88 Å². The lowest BCUT2D eigenvalue weighted by molar-refractivity contribution is -0.126. The van der Waals surface area contributed by atoms with Crippen molar-refractivity contribution in [2.75, 3.05) is 19.6 Å². The summed E-state index contributed by atoms with van der Waals surface area (Å²) in [6.07, 6.45) is 2.91. The van der Waals surface area contributed by atoms with Gasteiger partial charge in [-0.3, -0.25) is 4.79 Å². The zero-order valence-electron chi connectivity index (χ0n) is 11.2. The Bertz CT molecular complexity index is 451. The predicted molar refractivity (Wildman–Crippen MR) is 78.4 cm³/mol. The zero-order valence-corrected chi connectivity index (χ0v) is 12.8. The quantitative estimate of drug-likeness (QED) is 0.818. The molecule has 0 saturated carbocycles. The normalized spacial score (nSPS) is 23.9. The highest BCUT2D eigenvalue weighted by Gasteiger charge is 2.38. The van der Waals surface area contributed by atoms with Crippen LogP contribution < -0.4 is 5.73 Å². The third-order valence-electron chi connectivity index (χ3n) is 3.75. The van der Waals surface area contributed by atoms with Gasteiger partial charge in [-0.25, -0.2) is 4.98 Å². The number of aromatic nitrogens is 1. The van der Waals surface area contributed by atoms with Crippen LogP contribution in [0.25, 0.3) is 0 Å². The molecule has 1 fully saturated rings. The molecule has 2 heterocycles. The van der Waals surface area contributed by atoms with Gasteiger partial charge >= 0.3 is 0 Å². The third kappa shape index (κ3) is 3.68. The summed E-state index contributed by atoms with van der Waals surface area (Å²) in [6, 6.07) is 0. The minimum absolute atomic E-state index is 0.179. The van der Waals surface area contributed by atoms with E-state index >= 15 is 0 Å². The van der Waals surface area contributed by atoms with Crippen LogP contribution in [0.15, 0.2) is 5.38 Å². The van der Waals surface area contributed by atoms with E-state index < -0.39 is 0 Å². The fourth-order valence-corrected chi connectivity index (χ4v) is 3.50. The second-order valence-corrected chi connectivity index (χ2v) is 6.63. The monoisotopic (exact) mass is 301 g/mol. The summed E-state index contributed by atoms with van der Waals surface area (Å²) in [7, 11) is 0. The molecule has 2 rings (SSSR count). The average molecular weight is 302 g/mol. The molecule has 1 amide bonds. The van der Waals surface area contributed by atoms with Gasteiger partial charge in [-0.05, 0) is 32.9 Å². The topological polar surface area (TPSA) is 59.2 Å². The van der Waals surface area contributed by atoms with Gasteiger partial charge in [-0.15, -0.1) is 22.9 Å². The molecule has 4 nitrogen and oxygen atoms in total. The molecule has 1 aromatic heterocycles. The van der Waals surface area contributed by atoms with E-state index in [-0.39, 0.29) is 11.3 Å². The molecule has 0 spiro atoms. The maximum Gasteiger partial charge on any atom is 0.224 e. The van der Waals surface area contributed by atoms with Gasteiger partial charge in [0.2, 0.25) is 5.91 Å². The Hall–Kier alpha value is -0.650. The largest absolute Gasteiger partial charge is 0.369 e. The van der Waals surface area contributed by atoms with E-state index in [2.05, 4.69) is 9.88 Å². The number of thiazole rings is 1. The molecule has 0 radical (unpaired) electrons. The fraction of sp³-hybridized carbons (Fsp3) is 0.692. The van der Waals surface area contributed by atoms with E-state index in [1.54, 1.807) is 11.3 Å². The summed E-state index contributed by atoms with van der Waals surface area (Å²) >= 11 is 7.40. The highest BCUT2D eigenvalue weighted by atomic mass is 35.5. The van der Waals surface area contributed by atoms with Crippen molar-refractivity contribution in [1.82, 2.24) is 9.88 Å². The van der Waals surface area contributed by atoms with Gasteiger partial charge in [0, 0.05) is 18.3 Å². The molecule has 1 aliphatic heterocycles. The van der Waals surface area contributed by atoms with Crippen molar-refractivity contribution >= 4 is 28.8 Å². The SMILES string of the molecule is CC1(C(N)=O)CCN(CCCc2nc(CCl)cs2)C1. The number of hydrogen-bond acceptors (Lipinski definition) is 4. The lowest BCUT2D eigenvalue weighted by Crippen LogP contribution is -2.37. The molecule has 2 N–H and O–H groups in total. The number of aryl methyl sites for hydroxylation is 1. The molecule has 106 valence electrons. The molecule has 1 aliphatic rings. The van der Waals surface area contributed by atoms with Gasteiger partial charge in [0.15, 0.2) is 0 Å². The number of likely N-dealkylation sites (tertiary alicyclic amines) is 1. The fourth-order valence-electron chi connectivity index (χ4n) is 2.43. The molecule has 0 bridgehead atoms. The Balaban J connectivity index is 1.74. The lowest BCUT2D eigenvalue weighted by atomic mass is 9.89. The average Bonchev–Trinajstić information content (AvgIpc) is 2.97. The Morgan fingerprint density at radius 1 is 1.68 bits per heavy atom. The van der Waals surface area contributed by atoms with Crippen molar-refractivity contribution in [2.24, 2.45) is 11.1 Å². The zero-order chi connectivity index (χ0) is 13.9. The predicted octanol–water partition coefficient (Wildman–Crippen LogP) is 2.01. The van der Waals surface area contributed by atoms with E-state index in [1.807, 2.05) is 12.3 Å². The maximum absolute atomic E-state index is 11.4. The number of halogens is 1. The highest BCUT2D eigenvalue weighted by Crippen LogP contribution is 2.29. The highest BCUT2D eigenvalue weighted by molar-refractivity contribution is 7.09. The summed E-state index contributed by atoms with van der Waals surface area (Å²) in [5.41, 5.74) is 6.07. The summed E-state index contributed by atoms with van der Waals surface area (Å²) in [5.74, 6) is 0.307. The van der Waals surface area contributed by atoms with Crippen molar-refractivity contribution < 1.29 is 4.79 Å². The van der Waals surface area contributed by atoms with E-state index in [4.69, 9.17) is 17.3 Å². The van der Waals surface area contributed by atoms with Crippen molar-refractivity contribution in [3.8, 4) is 0 Å². The lowest BCUT2D eigenvalue weighted by Gasteiger charge is -2.20. The van der Waals surface area contributed by atoms with Crippen LogP contribution in [0.1, 0.15) is 30.5 Å². The molecule has 6 heteroatoms. The van der Waals surface area contributed by atoms with Crippen LogP contribution >= 0.6 is 22.9 Å². The minimum atomic E-state index is -0.340. The van der Waals surface area contributed by atoms with Crippen molar-refractivity contribution in [2.45, 2.75) is 32.1 Å². The van der Waals surface area contributed by atoms with Crippen molar-refractivity contribution in [3.63, 3.8) is 0 Å². The first kappa shape index (κ1) is 14.8. The summed E-state index contributed by atoms with van der Waals surface area (Å²) in [4.78, 5) is 18.1. The number of amides is 1. The van der Waals surface area contributed by atoms with Gasteiger partial charge < -0.3 is 10.6 Å². The number of rotatable bonds is 6. The Kier molecular flexibility index (Phi) is 4.81. The van der Waals surface area contributed by atoms with Crippen LogP contribution in [-0.4, -0.2) is 35.4 Å². The Morgan fingerprint density at radius 2 is 2.47 bits per heavy atom. The number of alkyl halides is 1. The second kappa shape index (κ2) is 6.20. The second-order valence-electron chi connectivity index (χ2n) is 5.42. The summed E-state index contributed by atoms with van der Waals surface area (Å²) in [5, 5.41) is 3.16. The van der Waals surface area contributed by atoms with Crippen LogP contribution in [-0.2, 0) is 17.1 Å². The van der Waals surface area contributed by atoms with E-state index in [9.17, 15) is 4.79 Å². The molecule has 1 saturated heterocycles. The number of nitrogens with zero attached hydrogens (tertiary/aromatic N) is 2. The number of carbonyl (C=O) groups is 1. The van der Waals surface area contributed by atoms with E-state index in [1.165, 1.54) is 0 Å². The van der Waals surface area contributed by atoms with Gasteiger partial charge in [-0.1, -0.05) is 0 Å². The number of nitrogens with two attached hydrogens (primary N) is 1. The first-order valence-corrected chi connectivity index (χ1v) is 7.96. The molecule has 19 heavy (non-hydrogen) atoms. The number of carbonyl (C=O) groups excluding carboxylic acids is 1. The van der Waals surface area contributed by atoms with Crippen LogP contribution in [0.3, 0.4) is 0 Å². The van der Waals surface area contributed by atoms with Gasteiger partial charge in [0.1, 0.15) is 0 Å². The molecule has 1 atom stereocenters. The van der Waals surface area contributed by atoms with Crippen LogP contribution in [0.4, 0.5) is 0 Å². The number of primary amides is 1. The minimum Gasteiger partial charge on any atom is -0.369 e. The molecule has 1 unspecified atom stereocenters. The maximum atomic E-state index is 11.4. The summed E-state index contributed by atoms with van der Waals surface area (Å²) < 4.78 is 0. The molecular weight excluding hydrogens is 282 g/mol. The number of hydrogen-bond donors (Lipinski definition) is 1. The molecular formula is C13H20ClN3OS. The molecule has 0 aromatic carbocycles. The summed E-state index contributed by atoms with van der Waals surface area (Å²) in [6.45, 7) is 4.71. The van der Waals surface area contributed by atoms with Crippen molar-refractivity contribution in [3.05, 3.63) is 16.1 Å². The first-order chi connectivity index (χ1) is 9.03. The Morgan fingerprint density at radius 3 is 3.05 bits per heavy atom. The Labute approximate surface area is 122 Å². The van der Waals surface area contributed by atoms with E-state index in [0.717, 1.165) is 49.6 Å². The van der Waals surface area contributed by atoms with Crippen LogP contribution in [0, 0.1) is 5.41 Å². The van der Waals surface area contributed by atoms with Crippen LogP contribution in [0.2, 0.25) is 0 Å². The van der Waals surface area contributed by atoms with Crippen molar-refractivity contribution in [1.29, 1.82) is 0 Å². The smallest absolute Gasteiger partial charge is 0.224 e. The van der Waals surface area contributed by atoms with Gasteiger partial charge in [-0.2, -0.15) is 0 Å². The first-order valence-electron chi connectivity index (χ1n) is 6.55. The molecule has 0 aliphatic carbocycles. The van der Waals surface area contributed by atoms with Gasteiger partial charge in [0.05, 0.1) is 22.0 Å². The third-order valence-corrected chi connectivity index (χ3v) is 4.98. The molecule has 1 aromatic rings. The standard InChI is InChI=1S/C13H20ClN3OS/c1-13(12(15)18)4-6-17(9-13)5-2-3-11-16-10(7-14)8-19-11/h8H,2-7,9H2,1H3,(H2,15,18).